The SMILES string of the molecule is Cn1cc(CC(O)C2CC2(C)C)nn1. The standard InChI is InChI=1S/C10H17N3O/c1-10(2)5-8(10)9(14)4-7-6-13(3)12-11-7/h6,8-9,14H,4-5H2,1-3H3. The van der Waals surface area contributed by atoms with E-state index >= 15 is 0 Å². The van der Waals surface area contributed by atoms with E-state index < -0.39 is 0 Å². The zero-order chi connectivity index (χ0) is 10.3. The Hall–Kier alpha value is -0.900. The summed E-state index contributed by atoms with van der Waals surface area (Å²) in [5.41, 5.74) is 1.20. The third-order valence-electron chi connectivity index (χ3n) is 3.12. The molecule has 1 aliphatic rings. The first-order valence-electron chi connectivity index (χ1n) is 5.02. The maximum absolute atomic E-state index is 9.91. The van der Waals surface area contributed by atoms with E-state index in [0.717, 1.165) is 12.1 Å². The maximum Gasteiger partial charge on any atom is 0.0852 e. The van der Waals surface area contributed by atoms with Gasteiger partial charge >= 0.3 is 0 Å². The van der Waals surface area contributed by atoms with Gasteiger partial charge in [-0.3, -0.25) is 4.68 Å². The molecule has 1 saturated carbocycles. The Labute approximate surface area is 83.9 Å². The third-order valence-corrected chi connectivity index (χ3v) is 3.12. The van der Waals surface area contributed by atoms with Crippen molar-refractivity contribution < 1.29 is 5.11 Å². The predicted molar refractivity (Wildman–Crippen MR) is 52.6 cm³/mol. The third kappa shape index (κ3) is 1.80. The summed E-state index contributed by atoms with van der Waals surface area (Å²) in [4.78, 5) is 0. The van der Waals surface area contributed by atoms with E-state index in [1.807, 2.05) is 13.2 Å². The van der Waals surface area contributed by atoms with Gasteiger partial charge in [0.05, 0.1) is 11.8 Å². The molecule has 1 aromatic heterocycles. The molecular formula is C10H17N3O. The van der Waals surface area contributed by atoms with Crippen LogP contribution < -0.4 is 0 Å². The molecule has 1 aromatic rings. The zero-order valence-electron chi connectivity index (χ0n) is 8.94. The van der Waals surface area contributed by atoms with Gasteiger partial charge in [-0.2, -0.15) is 0 Å². The van der Waals surface area contributed by atoms with E-state index in [1.54, 1.807) is 4.68 Å². The molecule has 0 aliphatic heterocycles. The zero-order valence-corrected chi connectivity index (χ0v) is 8.94. The van der Waals surface area contributed by atoms with Gasteiger partial charge < -0.3 is 5.11 Å². The lowest BCUT2D eigenvalue weighted by atomic mass is 10.0. The number of aryl methyl sites for hydroxylation is 1. The summed E-state index contributed by atoms with van der Waals surface area (Å²) < 4.78 is 1.67. The van der Waals surface area contributed by atoms with Crippen molar-refractivity contribution in [2.75, 3.05) is 0 Å². The number of hydrogen-bond donors (Lipinski definition) is 1. The van der Waals surface area contributed by atoms with Crippen molar-refractivity contribution in [2.24, 2.45) is 18.4 Å². The van der Waals surface area contributed by atoms with Crippen LogP contribution in [0.25, 0.3) is 0 Å². The van der Waals surface area contributed by atoms with Gasteiger partial charge in [0.2, 0.25) is 0 Å². The van der Waals surface area contributed by atoms with Crippen LogP contribution in [0.15, 0.2) is 6.20 Å². The van der Waals surface area contributed by atoms with E-state index in [-0.39, 0.29) is 6.10 Å². The number of aliphatic hydroxyl groups is 1. The van der Waals surface area contributed by atoms with Crippen LogP contribution in [-0.2, 0) is 13.5 Å². The maximum atomic E-state index is 9.91. The van der Waals surface area contributed by atoms with Crippen LogP contribution in [-0.4, -0.2) is 26.2 Å². The Kier molecular flexibility index (Phi) is 2.10. The molecule has 4 heteroatoms. The van der Waals surface area contributed by atoms with Crippen molar-refractivity contribution in [3.63, 3.8) is 0 Å². The predicted octanol–water partition coefficient (Wildman–Crippen LogP) is 0.765. The molecule has 0 radical (unpaired) electrons. The lowest BCUT2D eigenvalue weighted by molar-refractivity contribution is 0.136. The summed E-state index contributed by atoms with van der Waals surface area (Å²) in [6.07, 6.45) is 3.34. The Balaban J connectivity index is 1.93. The van der Waals surface area contributed by atoms with E-state index in [0.29, 0.717) is 17.8 Å². The molecule has 2 unspecified atom stereocenters. The molecule has 0 amide bonds. The molecule has 1 N–H and O–H groups in total. The van der Waals surface area contributed by atoms with Gasteiger partial charge in [-0.05, 0) is 17.8 Å². The Morgan fingerprint density at radius 2 is 2.36 bits per heavy atom. The summed E-state index contributed by atoms with van der Waals surface area (Å²) in [5.74, 6) is 0.435. The van der Waals surface area contributed by atoms with E-state index in [1.165, 1.54) is 0 Å². The van der Waals surface area contributed by atoms with Crippen molar-refractivity contribution in [2.45, 2.75) is 32.8 Å². The molecule has 0 aromatic carbocycles. The second kappa shape index (κ2) is 3.05. The largest absolute Gasteiger partial charge is 0.392 e. The number of rotatable bonds is 3. The summed E-state index contributed by atoms with van der Waals surface area (Å²) in [6, 6.07) is 0. The Morgan fingerprint density at radius 3 is 2.79 bits per heavy atom. The molecule has 1 heterocycles. The van der Waals surface area contributed by atoms with Crippen LogP contribution in [0.1, 0.15) is 26.0 Å². The van der Waals surface area contributed by atoms with Crippen LogP contribution in [0.2, 0.25) is 0 Å². The quantitative estimate of drug-likeness (QED) is 0.775. The van der Waals surface area contributed by atoms with Gasteiger partial charge in [0, 0.05) is 19.7 Å². The monoisotopic (exact) mass is 195 g/mol. The molecule has 4 nitrogen and oxygen atoms in total. The molecular weight excluding hydrogens is 178 g/mol. The molecule has 78 valence electrons. The Bertz CT molecular complexity index is 332. The summed E-state index contributed by atoms with van der Waals surface area (Å²) in [7, 11) is 1.84. The average Bonchev–Trinajstić information content (AvgIpc) is 2.51. The number of nitrogens with zero attached hydrogens (tertiary/aromatic N) is 3. The fourth-order valence-corrected chi connectivity index (χ4v) is 2.01. The van der Waals surface area contributed by atoms with Gasteiger partial charge in [-0.25, -0.2) is 0 Å². The van der Waals surface area contributed by atoms with Crippen LogP contribution >= 0.6 is 0 Å². The summed E-state index contributed by atoms with van der Waals surface area (Å²) in [6.45, 7) is 4.38. The van der Waals surface area contributed by atoms with Gasteiger partial charge in [0.15, 0.2) is 0 Å². The fourth-order valence-electron chi connectivity index (χ4n) is 2.01. The second-order valence-corrected chi connectivity index (χ2v) is 4.95. The highest BCUT2D eigenvalue weighted by atomic mass is 16.3. The minimum absolute atomic E-state index is 0.262. The Morgan fingerprint density at radius 1 is 1.71 bits per heavy atom. The molecule has 1 fully saturated rings. The van der Waals surface area contributed by atoms with Crippen LogP contribution in [0, 0.1) is 11.3 Å². The number of aliphatic hydroxyl groups excluding tert-OH is 1. The first kappa shape index (κ1) is 9.65. The lowest BCUT2D eigenvalue weighted by Crippen LogP contribution is -2.16. The highest BCUT2D eigenvalue weighted by Gasteiger charge is 2.49. The topological polar surface area (TPSA) is 50.9 Å². The van der Waals surface area contributed by atoms with Crippen molar-refractivity contribution in [1.82, 2.24) is 15.0 Å². The molecule has 14 heavy (non-hydrogen) atoms. The molecule has 0 spiro atoms. The molecule has 1 aliphatic carbocycles. The summed E-state index contributed by atoms with van der Waals surface area (Å²) in [5, 5.41) is 17.7. The molecule has 0 saturated heterocycles. The van der Waals surface area contributed by atoms with E-state index in [9.17, 15) is 5.11 Å². The van der Waals surface area contributed by atoms with E-state index in [2.05, 4.69) is 24.2 Å². The van der Waals surface area contributed by atoms with E-state index in [4.69, 9.17) is 0 Å². The normalized spacial score (nSPS) is 26.1. The van der Waals surface area contributed by atoms with Crippen molar-refractivity contribution in [1.29, 1.82) is 0 Å². The fraction of sp³-hybridized carbons (Fsp3) is 0.800. The number of hydrogen-bond acceptors (Lipinski definition) is 3. The first-order valence-corrected chi connectivity index (χ1v) is 5.02. The summed E-state index contributed by atoms with van der Waals surface area (Å²) >= 11 is 0. The van der Waals surface area contributed by atoms with Gasteiger partial charge in [-0.1, -0.05) is 19.1 Å². The minimum Gasteiger partial charge on any atom is -0.392 e. The van der Waals surface area contributed by atoms with Gasteiger partial charge in [-0.15, -0.1) is 5.10 Å². The molecule has 0 bridgehead atoms. The smallest absolute Gasteiger partial charge is 0.0852 e. The van der Waals surface area contributed by atoms with Crippen LogP contribution in [0.5, 0.6) is 0 Å². The highest BCUT2D eigenvalue weighted by molar-refractivity contribution is 5.04. The van der Waals surface area contributed by atoms with Gasteiger partial charge in [0.1, 0.15) is 0 Å². The van der Waals surface area contributed by atoms with Crippen LogP contribution in [0.3, 0.4) is 0 Å². The van der Waals surface area contributed by atoms with Crippen molar-refractivity contribution in [3.8, 4) is 0 Å². The van der Waals surface area contributed by atoms with Crippen molar-refractivity contribution in [3.05, 3.63) is 11.9 Å². The first-order chi connectivity index (χ1) is 6.49. The molecule has 2 rings (SSSR count). The van der Waals surface area contributed by atoms with Crippen LogP contribution in [0.4, 0.5) is 0 Å². The lowest BCUT2D eigenvalue weighted by Gasteiger charge is -2.09. The van der Waals surface area contributed by atoms with Crippen molar-refractivity contribution >= 4 is 0 Å². The second-order valence-electron chi connectivity index (χ2n) is 4.95. The minimum atomic E-state index is -0.262. The number of aromatic nitrogens is 3. The highest BCUT2D eigenvalue weighted by Crippen LogP contribution is 2.53. The van der Waals surface area contributed by atoms with Gasteiger partial charge in [0.25, 0.3) is 0 Å². The average molecular weight is 195 g/mol. The molecule has 2 atom stereocenters.